The number of aromatic nitrogens is 1. The van der Waals surface area contributed by atoms with Crippen LogP contribution in [0.2, 0.25) is 0 Å². The molecule has 0 spiro atoms. The van der Waals surface area contributed by atoms with E-state index < -0.39 is 0 Å². The van der Waals surface area contributed by atoms with Gasteiger partial charge in [-0.2, -0.15) is 0 Å². The number of nitrogens with zero attached hydrogens (tertiary/aromatic N) is 3. The molecule has 1 saturated heterocycles. The number of piperazine rings is 1. The number of ether oxygens (including phenoxy) is 1. The predicted octanol–water partition coefficient (Wildman–Crippen LogP) is 5.50. The van der Waals surface area contributed by atoms with E-state index in [0.717, 1.165) is 46.4 Å². The number of benzene rings is 3. The smallest absolute Gasteiger partial charge is 0.234 e. The molecule has 4 aromatic rings. The van der Waals surface area contributed by atoms with Crippen LogP contribution >= 0.6 is 11.3 Å². The Balaban J connectivity index is 1.24. The second-order valence-electron chi connectivity index (χ2n) is 8.77. The summed E-state index contributed by atoms with van der Waals surface area (Å²) in [4.78, 5) is 23.0. The number of fused-ring (bicyclic) bond motifs is 3. The van der Waals surface area contributed by atoms with Crippen molar-refractivity contribution in [2.75, 3.05) is 31.1 Å². The number of hydrogen-bond donors (Lipinski definition) is 0. The van der Waals surface area contributed by atoms with E-state index >= 15 is 0 Å². The lowest BCUT2D eigenvalue weighted by Crippen LogP contribution is -2.50. The van der Waals surface area contributed by atoms with Gasteiger partial charge in [0.1, 0.15) is 11.5 Å². The molecule has 0 radical (unpaired) electrons. The molecule has 2 aliphatic heterocycles. The Bertz CT molecular complexity index is 1330. The van der Waals surface area contributed by atoms with Crippen molar-refractivity contribution >= 4 is 32.6 Å². The van der Waals surface area contributed by atoms with Crippen LogP contribution in [0.25, 0.3) is 10.2 Å². The molecule has 1 fully saturated rings. The first-order valence-corrected chi connectivity index (χ1v) is 12.2. The fraction of sp³-hybridized carbons (Fsp3) is 0.259. The molecule has 0 bridgehead atoms. The van der Waals surface area contributed by atoms with Gasteiger partial charge in [0.25, 0.3) is 0 Å². The van der Waals surface area contributed by atoms with Crippen molar-refractivity contribution in [2.24, 2.45) is 0 Å². The fourth-order valence-corrected chi connectivity index (χ4v) is 5.90. The van der Waals surface area contributed by atoms with E-state index in [-0.39, 0.29) is 11.8 Å². The molecule has 0 N–H and O–H groups in total. The van der Waals surface area contributed by atoms with Crippen LogP contribution in [0.1, 0.15) is 28.2 Å². The molecule has 3 heterocycles. The van der Waals surface area contributed by atoms with Gasteiger partial charge in [-0.3, -0.25) is 4.79 Å². The second kappa shape index (κ2) is 7.89. The lowest BCUT2D eigenvalue weighted by molar-refractivity contribution is -0.132. The summed E-state index contributed by atoms with van der Waals surface area (Å²) in [6, 6.07) is 20.1. The average molecular weight is 456 g/mol. The molecular weight excluding hydrogens is 430 g/mol. The summed E-state index contributed by atoms with van der Waals surface area (Å²) < 4.78 is 7.31. The van der Waals surface area contributed by atoms with Gasteiger partial charge in [-0.05, 0) is 43.2 Å². The zero-order valence-corrected chi connectivity index (χ0v) is 19.6. The third kappa shape index (κ3) is 3.37. The third-order valence-electron chi connectivity index (χ3n) is 6.86. The monoisotopic (exact) mass is 455 g/mol. The molecule has 0 aliphatic carbocycles. The normalized spacial score (nSPS) is 15.8. The van der Waals surface area contributed by atoms with Crippen molar-refractivity contribution < 1.29 is 9.53 Å². The van der Waals surface area contributed by atoms with Gasteiger partial charge in [-0.25, -0.2) is 4.98 Å². The summed E-state index contributed by atoms with van der Waals surface area (Å²) in [6.45, 7) is 7.22. The lowest BCUT2D eigenvalue weighted by Gasteiger charge is -2.37. The van der Waals surface area contributed by atoms with E-state index in [1.165, 1.54) is 15.8 Å². The van der Waals surface area contributed by atoms with E-state index in [1.807, 2.05) is 53.4 Å². The van der Waals surface area contributed by atoms with Gasteiger partial charge in [0.15, 0.2) is 5.13 Å². The van der Waals surface area contributed by atoms with Crippen molar-refractivity contribution in [3.63, 3.8) is 0 Å². The summed E-state index contributed by atoms with van der Waals surface area (Å²) in [5.41, 5.74) is 5.51. The van der Waals surface area contributed by atoms with Crippen LogP contribution in [-0.4, -0.2) is 42.0 Å². The molecule has 6 rings (SSSR count). The van der Waals surface area contributed by atoms with Crippen LogP contribution in [-0.2, 0) is 4.79 Å². The summed E-state index contributed by atoms with van der Waals surface area (Å²) in [7, 11) is 0. The first-order chi connectivity index (χ1) is 16.1. The van der Waals surface area contributed by atoms with Crippen LogP contribution in [0.5, 0.6) is 11.5 Å². The van der Waals surface area contributed by atoms with E-state index in [1.54, 1.807) is 11.3 Å². The average Bonchev–Trinajstić information content (AvgIpc) is 3.30. The lowest BCUT2D eigenvalue weighted by atomic mass is 9.86. The Morgan fingerprint density at radius 2 is 1.55 bits per heavy atom. The SMILES string of the molecule is Cc1ccc2sc(N3CCN(C(=O)C4c5ccccc5Oc5ccccc54)CC3)nc2c1C. The van der Waals surface area contributed by atoms with Crippen LogP contribution in [0.4, 0.5) is 5.13 Å². The molecule has 5 nitrogen and oxygen atoms in total. The Hall–Kier alpha value is -3.38. The quantitative estimate of drug-likeness (QED) is 0.400. The largest absolute Gasteiger partial charge is 0.457 e. The molecule has 0 saturated carbocycles. The van der Waals surface area contributed by atoms with Gasteiger partial charge in [0.2, 0.25) is 5.91 Å². The van der Waals surface area contributed by atoms with Crippen LogP contribution in [0, 0.1) is 13.8 Å². The summed E-state index contributed by atoms with van der Waals surface area (Å²) >= 11 is 1.74. The Kier molecular flexibility index (Phi) is 4.84. The minimum absolute atomic E-state index is 0.147. The third-order valence-corrected chi connectivity index (χ3v) is 7.94. The number of thiazole rings is 1. The van der Waals surface area contributed by atoms with Gasteiger partial charge >= 0.3 is 0 Å². The van der Waals surface area contributed by atoms with Crippen molar-refractivity contribution in [3.8, 4) is 11.5 Å². The topological polar surface area (TPSA) is 45.7 Å². The molecular formula is C27H25N3O2S. The number of hydrogen-bond acceptors (Lipinski definition) is 5. The summed E-state index contributed by atoms with van der Waals surface area (Å²) in [6.07, 6.45) is 0. The molecule has 33 heavy (non-hydrogen) atoms. The van der Waals surface area contributed by atoms with E-state index in [4.69, 9.17) is 9.72 Å². The first kappa shape index (κ1) is 20.2. The number of anilines is 1. The van der Waals surface area contributed by atoms with Gasteiger partial charge < -0.3 is 14.5 Å². The number of amides is 1. The summed E-state index contributed by atoms with van der Waals surface area (Å²) in [5, 5.41) is 1.05. The molecule has 2 aliphatic rings. The van der Waals surface area contributed by atoms with Crippen molar-refractivity contribution in [1.82, 2.24) is 9.88 Å². The Morgan fingerprint density at radius 1 is 0.909 bits per heavy atom. The number of para-hydroxylation sites is 2. The molecule has 1 amide bonds. The number of carbonyl (C=O) groups is 1. The predicted molar refractivity (Wildman–Crippen MR) is 133 cm³/mol. The van der Waals surface area contributed by atoms with Crippen molar-refractivity contribution in [2.45, 2.75) is 19.8 Å². The Morgan fingerprint density at radius 3 is 2.21 bits per heavy atom. The first-order valence-electron chi connectivity index (χ1n) is 11.4. The highest BCUT2D eigenvalue weighted by atomic mass is 32.1. The van der Waals surface area contributed by atoms with Gasteiger partial charge in [0, 0.05) is 37.3 Å². The maximum Gasteiger partial charge on any atom is 0.234 e. The maximum absolute atomic E-state index is 13.8. The molecule has 3 aromatic carbocycles. The minimum atomic E-state index is -0.328. The minimum Gasteiger partial charge on any atom is -0.457 e. The van der Waals surface area contributed by atoms with E-state index in [0.29, 0.717) is 13.1 Å². The number of aryl methyl sites for hydroxylation is 2. The highest BCUT2D eigenvalue weighted by Crippen LogP contribution is 2.44. The van der Waals surface area contributed by atoms with Crippen LogP contribution in [0.3, 0.4) is 0 Å². The van der Waals surface area contributed by atoms with Crippen molar-refractivity contribution in [1.29, 1.82) is 0 Å². The highest BCUT2D eigenvalue weighted by molar-refractivity contribution is 7.22. The van der Waals surface area contributed by atoms with Gasteiger partial charge in [-0.15, -0.1) is 0 Å². The van der Waals surface area contributed by atoms with Gasteiger partial charge in [-0.1, -0.05) is 53.8 Å². The van der Waals surface area contributed by atoms with Crippen LogP contribution in [0.15, 0.2) is 60.7 Å². The number of rotatable bonds is 2. The molecule has 0 atom stereocenters. The van der Waals surface area contributed by atoms with Crippen molar-refractivity contribution in [3.05, 3.63) is 82.9 Å². The van der Waals surface area contributed by atoms with E-state index in [2.05, 4.69) is 30.9 Å². The standard InChI is InChI=1S/C27H25N3O2S/c1-17-11-12-23-25(18(17)2)28-27(33-23)30-15-13-29(14-16-30)26(31)24-19-7-3-5-9-21(19)32-22-10-6-4-8-20(22)24/h3-12,24H,13-16H2,1-2H3. The molecule has 1 aromatic heterocycles. The highest BCUT2D eigenvalue weighted by Gasteiger charge is 2.36. The Labute approximate surface area is 197 Å². The molecule has 166 valence electrons. The molecule has 6 heteroatoms. The summed E-state index contributed by atoms with van der Waals surface area (Å²) in [5.74, 6) is 1.36. The maximum atomic E-state index is 13.8. The van der Waals surface area contributed by atoms with Crippen LogP contribution < -0.4 is 9.64 Å². The van der Waals surface area contributed by atoms with Gasteiger partial charge in [0.05, 0.1) is 16.1 Å². The molecule has 0 unspecified atom stereocenters. The number of carbonyl (C=O) groups excluding carboxylic acids is 1. The fourth-order valence-electron chi connectivity index (χ4n) is 4.83. The second-order valence-corrected chi connectivity index (χ2v) is 9.78. The zero-order chi connectivity index (χ0) is 22.5. The van der Waals surface area contributed by atoms with E-state index in [9.17, 15) is 4.79 Å². The zero-order valence-electron chi connectivity index (χ0n) is 18.7.